The zero-order chi connectivity index (χ0) is 29.7. The molecule has 4 aromatic carbocycles. The van der Waals surface area contributed by atoms with Crippen LogP contribution in [0.25, 0.3) is 22.1 Å². The molecule has 2 aliphatic heterocycles. The van der Waals surface area contributed by atoms with Gasteiger partial charge >= 0.3 is 0 Å². The predicted octanol–water partition coefficient (Wildman–Crippen LogP) is 3.22. The van der Waals surface area contributed by atoms with E-state index < -0.39 is 23.1 Å². The van der Waals surface area contributed by atoms with Gasteiger partial charge in [-0.25, -0.2) is 20.0 Å². The van der Waals surface area contributed by atoms with Crippen LogP contribution in [0.15, 0.2) is 119 Å². The average Bonchev–Trinajstić information content (AvgIpc) is 3.81. The van der Waals surface area contributed by atoms with Crippen molar-refractivity contribution in [2.75, 3.05) is 0 Å². The third kappa shape index (κ3) is 3.92. The normalized spacial score (nSPS) is 20.4. The van der Waals surface area contributed by atoms with E-state index in [1.807, 2.05) is 109 Å². The minimum atomic E-state index is -1.36. The van der Waals surface area contributed by atoms with Crippen LogP contribution in [0.5, 0.6) is 0 Å². The highest BCUT2D eigenvalue weighted by Crippen LogP contribution is 2.49. The number of benzene rings is 4. The van der Waals surface area contributed by atoms with Gasteiger partial charge in [-0.1, -0.05) is 84.9 Å². The van der Waals surface area contributed by atoms with Gasteiger partial charge in [-0.3, -0.25) is 20.2 Å². The zero-order valence-corrected chi connectivity index (χ0v) is 23.0. The van der Waals surface area contributed by atoms with Crippen molar-refractivity contribution >= 4 is 45.8 Å². The number of aliphatic imine (C=N–C) groups is 2. The summed E-state index contributed by atoms with van der Waals surface area (Å²) in [4.78, 5) is 51.6. The van der Waals surface area contributed by atoms with Crippen LogP contribution in [-0.2, 0) is 11.3 Å². The van der Waals surface area contributed by atoms with Gasteiger partial charge in [-0.05, 0) is 24.3 Å². The highest BCUT2D eigenvalue weighted by molar-refractivity contribution is 6.09. The molecule has 2 amide bonds. The molecule has 214 valence electrons. The number of hydrogen-bond acceptors (Lipinski definition) is 8. The SMILES string of the molecule is O=C(NC1=NC2(c3ccccc3)N=C(NC(=O)c3nc4ccccc4[nH]3)NC2(c2ccccc2)N1)c1nc2ccccc2[nH]1. The van der Waals surface area contributed by atoms with Crippen molar-refractivity contribution in [1.29, 1.82) is 0 Å². The number of nitrogens with one attached hydrogen (secondary N) is 6. The molecule has 6 N–H and O–H groups in total. The number of guanidine groups is 2. The molecule has 44 heavy (non-hydrogen) atoms. The van der Waals surface area contributed by atoms with E-state index in [1.54, 1.807) is 0 Å². The number of fused-ring (bicyclic) bond motifs is 3. The molecule has 8 rings (SSSR count). The van der Waals surface area contributed by atoms with Gasteiger partial charge < -0.3 is 20.6 Å². The maximum absolute atomic E-state index is 13.4. The van der Waals surface area contributed by atoms with Crippen LogP contribution in [0.2, 0.25) is 0 Å². The summed E-state index contributed by atoms with van der Waals surface area (Å²) in [7, 11) is 0. The Morgan fingerprint density at radius 3 is 1.45 bits per heavy atom. The third-order valence-electron chi connectivity index (χ3n) is 7.74. The minimum absolute atomic E-state index is 0.144. The molecule has 0 unspecified atom stereocenters. The maximum Gasteiger partial charge on any atom is 0.293 e. The van der Waals surface area contributed by atoms with Crippen molar-refractivity contribution in [3.8, 4) is 0 Å². The number of rotatable bonds is 4. The summed E-state index contributed by atoms with van der Waals surface area (Å²) >= 11 is 0. The number of imidazole rings is 2. The fourth-order valence-corrected chi connectivity index (χ4v) is 5.76. The third-order valence-corrected chi connectivity index (χ3v) is 7.74. The van der Waals surface area contributed by atoms with Crippen LogP contribution in [0.4, 0.5) is 0 Å². The molecule has 12 heteroatoms. The first-order chi connectivity index (χ1) is 21.5. The number of carbonyl (C=O) groups excluding carboxylic acids is 2. The van der Waals surface area contributed by atoms with Gasteiger partial charge in [0.25, 0.3) is 11.8 Å². The first kappa shape index (κ1) is 25.4. The fourth-order valence-electron chi connectivity index (χ4n) is 5.76. The van der Waals surface area contributed by atoms with Crippen molar-refractivity contribution < 1.29 is 9.59 Å². The van der Waals surface area contributed by atoms with Crippen LogP contribution in [0.1, 0.15) is 32.4 Å². The first-order valence-corrected chi connectivity index (χ1v) is 13.9. The average molecular weight is 581 g/mol. The van der Waals surface area contributed by atoms with Crippen LogP contribution in [0.3, 0.4) is 0 Å². The van der Waals surface area contributed by atoms with E-state index in [0.717, 1.165) is 22.2 Å². The molecule has 0 spiro atoms. The smallest absolute Gasteiger partial charge is 0.293 e. The number of aromatic amines is 2. The number of para-hydroxylation sites is 4. The van der Waals surface area contributed by atoms with E-state index in [9.17, 15) is 9.59 Å². The van der Waals surface area contributed by atoms with Gasteiger partial charge in [0.15, 0.2) is 17.3 Å². The summed E-state index contributed by atoms with van der Waals surface area (Å²) in [6, 6.07) is 33.9. The molecule has 0 aliphatic carbocycles. The standard InChI is InChI=1S/C32H24N10O2/c43-27(25-33-21-15-7-8-16-22(21)34-25)37-29-39-31(19-11-3-1-4-12-19)32(41-29,20-13-5-2-6-14-20)42-30(40-31)38-28(44)26-35-23-17-9-10-18-24(23)36-26/h1-18H,(H,33,34)(H,35,36)(H2,37,39,41,43)(H2,38,40,42,44). The lowest BCUT2D eigenvalue weighted by Crippen LogP contribution is -2.62. The molecular formula is C32H24N10O2. The van der Waals surface area contributed by atoms with Crippen molar-refractivity contribution in [3.05, 3.63) is 132 Å². The first-order valence-electron chi connectivity index (χ1n) is 13.9. The number of hydrogen-bond donors (Lipinski definition) is 6. The van der Waals surface area contributed by atoms with Crippen LogP contribution in [0, 0.1) is 0 Å². The number of H-pyrrole nitrogens is 2. The molecule has 0 bridgehead atoms. The van der Waals surface area contributed by atoms with Gasteiger partial charge in [0, 0.05) is 11.1 Å². The Labute approximate surface area is 249 Å². The molecule has 2 aromatic heterocycles. The Hall–Kier alpha value is -6.30. The lowest BCUT2D eigenvalue weighted by molar-refractivity contribution is 0.0959. The van der Waals surface area contributed by atoms with Crippen LogP contribution < -0.4 is 21.3 Å². The topological polar surface area (TPSA) is 164 Å². The van der Waals surface area contributed by atoms with E-state index in [2.05, 4.69) is 41.2 Å². The Bertz CT molecular complexity index is 1960. The van der Waals surface area contributed by atoms with Gasteiger partial charge in [0.05, 0.1) is 22.1 Å². The second-order valence-electron chi connectivity index (χ2n) is 10.4. The Morgan fingerprint density at radius 1 is 0.545 bits per heavy atom. The molecule has 0 radical (unpaired) electrons. The number of aromatic nitrogens is 4. The van der Waals surface area contributed by atoms with Crippen molar-refractivity contribution in [2.45, 2.75) is 11.3 Å². The molecule has 2 aliphatic rings. The molecular weight excluding hydrogens is 556 g/mol. The Kier molecular flexibility index (Phi) is 5.56. The van der Waals surface area contributed by atoms with Crippen molar-refractivity contribution in [2.24, 2.45) is 9.98 Å². The van der Waals surface area contributed by atoms with Gasteiger partial charge in [-0.15, -0.1) is 0 Å². The minimum Gasteiger partial charge on any atom is -0.334 e. The largest absolute Gasteiger partial charge is 0.334 e. The summed E-state index contributed by atoms with van der Waals surface area (Å²) < 4.78 is 0. The Balaban J connectivity index is 1.20. The summed E-state index contributed by atoms with van der Waals surface area (Å²) in [6.45, 7) is 0. The monoisotopic (exact) mass is 580 g/mol. The quantitative estimate of drug-likeness (QED) is 0.187. The number of amides is 2. The van der Waals surface area contributed by atoms with E-state index in [-0.39, 0.29) is 23.6 Å². The molecule has 0 fully saturated rings. The van der Waals surface area contributed by atoms with Gasteiger partial charge in [0.2, 0.25) is 17.6 Å². The van der Waals surface area contributed by atoms with Crippen molar-refractivity contribution in [1.82, 2.24) is 41.2 Å². The van der Waals surface area contributed by atoms with E-state index in [4.69, 9.17) is 9.98 Å². The number of carbonyl (C=O) groups is 2. The predicted molar refractivity (Wildman–Crippen MR) is 165 cm³/mol. The molecule has 6 aromatic rings. The second kappa shape index (κ2) is 9.63. The van der Waals surface area contributed by atoms with E-state index in [0.29, 0.717) is 11.0 Å². The van der Waals surface area contributed by atoms with Crippen LogP contribution in [-0.4, -0.2) is 43.7 Å². The van der Waals surface area contributed by atoms with Crippen molar-refractivity contribution in [3.63, 3.8) is 0 Å². The lowest BCUT2D eigenvalue weighted by Gasteiger charge is -2.37. The number of nitrogens with zero attached hydrogens (tertiary/aromatic N) is 4. The summed E-state index contributed by atoms with van der Waals surface area (Å²) in [5.74, 6) is -0.289. The van der Waals surface area contributed by atoms with Crippen LogP contribution >= 0.6 is 0 Å². The van der Waals surface area contributed by atoms with E-state index in [1.165, 1.54) is 0 Å². The Morgan fingerprint density at radius 2 is 0.977 bits per heavy atom. The molecule has 0 atom stereocenters. The fraction of sp³-hybridized carbons (Fsp3) is 0.0625. The molecule has 0 saturated carbocycles. The lowest BCUT2D eigenvalue weighted by atomic mass is 9.83. The molecule has 12 nitrogen and oxygen atoms in total. The summed E-state index contributed by atoms with van der Waals surface area (Å²) in [5, 5.41) is 12.5. The summed E-state index contributed by atoms with van der Waals surface area (Å²) in [5.41, 5.74) is 1.76. The maximum atomic E-state index is 13.4. The molecule has 4 heterocycles. The zero-order valence-electron chi connectivity index (χ0n) is 23.0. The molecule has 0 saturated heterocycles. The van der Waals surface area contributed by atoms with Gasteiger partial charge in [-0.2, -0.15) is 0 Å². The summed E-state index contributed by atoms with van der Waals surface area (Å²) in [6.07, 6.45) is 0. The highest BCUT2D eigenvalue weighted by Gasteiger charge is 2.63. The highest BCUT2D eigenvalue weighted by atomic mass is 16.2. The van der Waals surface area contributed by atoms with E-state index >= 15 is 0 Å². The van der Waals surface area contributed by atoms with Gasteiger partial charge in [0.1, 0.15) is 0 Å². The second-order valence-corrected chi connectivity index (χ2v) is 10.4.